The van der Waals surface area contributed by atoms with Gasteiger partial charge in [-0.25, -0.2) is 21.8 Å². The Hall–Kier alpha value is -4.83. The Labute approximate surface area is 278 Å². The first-order chi connectivity index (χ1) is 23.1. The zero-order valence-corrected chi connectivity index (χ0v) is 27.7. The fourth-order valence-electron chi connectivity index (χ4n) is 6.52. The summed E-state index contributed by atoms with van der Waals surface area (Å²) in [6, 6.07) is 13.5. The third-order valence-corrected chi connectivity index (χ3v) is 11.6. The number of carbonyl (C=O) groups is 1. The molecule has 0 radical (unpaired) electrons. The number of hydrogen-bond donors (Lipinski definition) is 2. The van der Waals surface area contributed by atoms with E-state index in [1.807, 2.05) is 17.9 Å². The van der Waals surface area contributed by atoms with Crippen molar-refractivity contribution >= 4 is 71.5 Å². The Balaban J connectivity index is 1.28. The number of β-amino-alcohol motifs (C(OH)–C–C–N with tert-alkyl or cyclic N) is 1. The SMILES string of the molecule is COc1cc2c(cc1Nc1nc3c(ccn3S(=O)(=O)c3ccc(C)cc3)c3nc4ccsc4c(=O)n13)N(C(=O)CN1CCC(O)C1)CC2. The third-order valence-electron chi connectivity index (χ3n) is 9.00. The van der Waals surface area contributed by atoms with E-state index in [4.69, 9.17) is 14.7 Å². The molecule has 1 fully saturated rings. The van der Waals surface area contributed by atoms with E-state index in [1.54, 1.807) is 52.7 Å². The number of nitrogens with zero attached hydrogens (tertiary/aromatic N) is 6. The van der Waals surface area contributed by atoms with Gasteiger partial charge in [0.25, 0.3) is 15.6 Å². The standard InChI is InChI=1S/C33H31N7O6S2/c1-19-3-5-22(6-4-19)48(44,45)39-13-9-23-30(39)36-33(40-31(23)34-24-10-14-47-29(24)32(40)43)35-25-16-26-20(15-27(25)46-2)7-12-38(26)28(42)18-37-11-8-21(41)17-37/h3-6,9-10,13-16,21,41H,7-8,11-12,17-18H2,1-2H3,(H,35,36). The Morgan fingerprint density at radius 3 is 2.67 bits per heavy atom. The second kappa shape index (κ2) is 11.4. The molecule has 13 nitrogen and oxygen atoms in total. The van der Waals surface area contributed by atoms with Crippen molar-refractivity contribution in [1.29, 1.82) is 0 Å². The predicted molar refractivity (Wildman–Crippen MR) is 183 cm³/mol. The molecule has 2 N–H and O–H groups in total. The van der Waals surface area contributed by atoms with Gasteiger partial charge in [0.1, 0.15) is 10.4 Å². The number of fused-ring (bicyclic) bond motifs is 5. The highest BCUT2D eigenvalue weighted by atomic mass is 32.2. The lowest BCUT2D eigenvalue weighted by atomic mass is 10.1. The minimum atomic E-state index is -4.07. The van der Waals surface area contributed by atoms with E-state index < -0.39 is 16.1 Å². The molecule has 1 atom stereocenters. The van der Waals surface area contributed by atoms with Crippen LogP contribution in [0.25, 0.3) is 26.9 Å². The number of aliphatic hydroxyl groups excluding tert-OH is 1. The molecule has 6 heterocycles. The molecule has 1 saturated heterocycles. The molecule has 2 aliphatic rings. The molecule has 0 spiro atoms. The van der Waals surface area contributed by atoms with Gasteiger partial charge in [-0.2, -0.15) is 4.98 Å². The molecule has 0 bridgehead atoms. The van der Waals surface area contributed by atoms with Crippen molar-refractivity contribution in [1.82, 2.24) is 23.2 Å². The van der Waals surface area contributed by atoms with Crippen LogP contribution >= 0.6 is 11.3 Å². The van der Waals surface area contributed by atoms with E-state index in [2.05, 4.69) is 5.32 Å². The average Bonchev–Trinajstić information content (AvgIpc) is 3.87. The summed E-state index contributed by atoms with van der Waals surface area (Å²) in [5.41, 5.74) is 3.43. The van der Waals surface area contributed by atoms with Gasteiger partial charge in [0, 0.05) is 31.5 Å². The van der Waals surface area contributed by atoms with Gasteiger partial charge in [-0.05, 0) is 67.1 Å². The summed E-state index contributed by atoms with van der Waals surface area (Å²) in [6.45, 7) is 3.69. The van der Waals surface area contributed by atoms with Crippen LogP contribution in [0.2, 0.25) is 0 Å². The fourth-order valence-corrected chi connectivity index (χ4v) is 8.58. The summed E-state index contributed by atoms with van der Waals surface area (Å²) in [5, 5.41) is 15.3. The van der Waals surface area contributed by atoms with Crippen LogP contribution in [0.5, 0.6) is 5.75 Å². The first kappa shape index (κ1) is 30.5. The van der Waals surface area contributed by atoms with Crippen molar-refractivity contribution < 1.29 is 23.1 Å². The van der Waals surface area contributed by atoms with E-state index >= 15 is 0 Å². The van der Waals surface area contributed by atoms with Gasteiger partial charge in [0.05, 0.1) is 41.2 Å². The molecule has 6 aromatic rings. The topological polar surface area (TPSA) is 151 Å². The zero-order valence-electron chi connectivity index (χ0n) is 26.1. The molecule has 246 valence electrons. The molecule has 0 aliphatic carbocycles. The van der Waals surface area contributed by atoms with Gasteiger partial charge in [0.2, 0.25) is 11.9 Å². The van der Waals surface area contributed by atoms with Crippen molar-refractivity contribution in [3.63, 3.8) is 0 Å². The lowest BCUT2D eigenvalue weighted by Gasteiger charge is -2.22. The summed E-state index contributed by atoms with van der Waals surface area (Å²) in [6.07, 6.45) is 2.27. The summed E-state index contributed by atoms with van der Waals surface area (Å²) in [7, 11) is -2.54. The van der Waals surface area contributed by atoms with Gasteiger partial charge in [-0.1, -0.05) is 17.7 Å². The quantitative estimate of drug-likeness (QED) is 0.256. The number of rotatable bonds is 7. The summed E-state index contributed by atoms with van der Waals surface area (Å²) in [4.78, 5) is 40.7. The number of amides is 1. The molecule has 0 saturated carbocycles. The maximum atomic E-state index is 14.0. The number of anilines is 3. The molecule has 15 heteroatoms. The van der Waals surface area contributed by atoms with Crippen LogP contribution in [0, 0.1) is 6.92 Å². The normalized spacial score (nSPS) is 16.7. The molecular weight excluding hydrogens is 655 g/mol. The Bertz CT molecular complexity index is 2440. The number of nitrogens with one attached hydrogen (secondary N) is 1. The Morgan fingerprint density at radius 1 is 1.10 bits per heavy atom. The van der Waals surface area contributed by atoms with Crippen LogP contribution in [0.4, 0.5) is 17.3 Å². The number of likely N-dealkylation sites (tertiary alicyclic amines) is 1. The minimum Gasteiger partial charge on any atom is -0.495 e. The molecule has 4 aromatic heterocycles. The van der Waals surface area contributed by atoms with Gasteiger partial charge in [-0.3, -0.25) is 14.5 Å². The van der Waals surface area contributed by atoms with Crippen LogP contribution in [0.3, 0.4) is 0 Å². The number of hydrogen-bond acceptors (Lipinski definition) is 11. The number of aryl methyl sites for hydroxylation is 1. The minimum absolute atomic E-state index is 0.0320. The predicted octanol–water partition coefficient (Wildman–Crippen LogP) is 3.51. The Morgan fingerprint density at radius 2 is 1.92 bits per heavy atom. The van der Waals surface area contributed by atoms with E-state index in [-0.39, 0.29) is 40.1 Å². The lowest BCUT2D eigenvalue weighted by Crippen LogP contribution is -2.39. The fraction of sp³-hybridized carbons (Fsp3) is 0.273. The Kier molecular flexibility index (Phi) is 7.25. The van der Waals surface area contributed by atoms with Gasteiger partial charge in [-0.15, -0.1) is 11.3 Å². The monoisotopic (exact) mass is 685 g/mol. The van der Waals surface area contributed by atoms with E-state index in [0.717, 1.165) is 15.1 Å². The van der Waals surface area contributed by atoms with Gasteiger partial charge in [0.15, 0.2) is 11.3 Å². The smallest absolute Gasteiger partial charge is 0.278 e. The molecular formula is C33H31N7O6S2. The van der Waals surface area contributed by atoms with Crippen LogP contribution in [-0.4, -0.2) is 82.1 Å². The van der Waals surface area contributed by atoms with E-state index in [1.165, 1.54) is 29.0 Å². The summed E-state index contributed by atoms with van der Waals surface area (Å²) in [5.74, 6) is 0.412. The molecule has 48 heavy (non-hydrogen) atoms. The number of aromatic nitrogens is 4. The van der Waals surface area contributed by atoms with Crippen LogP contribution in [-0.2, 0) is 21.2 Å². The van der Waals surface area contributed by atoms with Gasteiger partial charge >= 0.3 is 0 Å². The first-order valence-corrected chi connectivity index (χ1v) is 17.8. The highest BCUT2D eigenvalue weighted by Crippen LogP contribution is 2.39. The van der Waals surface area contributed by atoms with Crippen LogP contribution in [0.1, 0.15) is 17.5 Å². The number of thiophene rings is 1. The highest BCUT2D eigenvalue weighted by molar-refractivity contribution is 7.90. The van der Waals surface area contributed by atoms with E-state index in [9.17, 15) is 23.1 Å². The van der Waals surface area contributed by atoms with Crippen LogP contribution in [0.15, 0.2) is 69.8 Å². The largest absolute Gasteiger partial charge is 0.495 e. The number of carbonyl (C=O) groups excluding carboxylic acids is 1. The maximum Gasteiger partial charge on any atom is 0.278 e. The second-order valence-corrected chi connectivity index (χ2v) is 14.8. The van der Waals surface area contributed by atoms with E-state index in [0.29, 0.717) is 65.2 Å². The van der Waals surface area contributed by atoms with Crippen molar-refractivity contribution in [3.8, 4) is 5.75 Å². The van der Waals surface area contributed by atoms with Crippen molar-refractivity contribution in [2.75, 3.05) is 43.5 Å². The molecule has 1 amide bonds. The highest BCUT2D eigenvalue weighted by Gasteiger charge is 2.31. The van der Waals surface area contributed by atoms with Crippen molar-refractivity contribution in [2.45, 2.75) is 30.8 Å². The summed E-state index contributed by atoms with van der Waals surface area (Å²) < 4.78 is 36.4. The average molecular weight is 686 g/mol. The lowest BCUT2D eigenvalue weighted by molar-refractivity contribution is -0.119. The maximum absolute atomic E-state index is 14.0. The van der Waals surface area contributed by atoms with Crippen LogP contribution < -0.4 is 20.5 Å². The van der Waals surface area contributed by atoms with Crippen molar-refractivity contribution in [3.05, 3.63) is 81.6 Å². The first-order valence-electron chi connectivity index (χ1n) is 15.4. The number of ether oxygens (including phenoxy) is 1. The third kappa shape index (κ3) is 4.92. The second-order valence-electron chi connectivity index (χ2n) is 12.1. The summed E-state index contributed by atoms with van der Waals surface area (Å²) >= 11 is 1.26. The molecule has 1 unspecified atom stereocenters. The molecule has 8 rings (SSSR count). The zero-order chi connectivity index (χ0) is 33.3. The molecule has 2 aromatic carbocycles. The number of benzene rings is 2. The number of methoxy groups -OCH3 is 1. The molecule has 2 aliphatic heterocycles. The number of aliphatic hydroxyl groups is 1. The van der Waals surface area contributed by atoms with Gasteiger partial charge < -0.3 is 20.1 Å². The van der Waals surface area contributed by atoms with Crippen molar-refractivity contribution in [2.24, 2.45) is 0 Å².